The van der Waals surface area contributed by atoms with Gasteiger partial charge in [-0.1, -0.05) is 41.9 Å². The fourth-order valence-electron chi connectivity index (χ4n) is 1.76. The summed E-state index contributed by atoms with van der Waals surface area (Å²) in [6.07, 6.45) is 0.844. The molecule has 17 heavy (non-hydrogen) atoms. The topological polar surface area (TPSA) is 38.0 Å². The fourth-order valence-corrected chi connectivity index (χ4v) is 3.15. The molecule has 0 bridgehead atoms. The van der Waals surface area contributed by atoms with Gasteiger partial charge in [-0.2, -0.15) is 0 Å². The van der Waals surface area contributed by atoms with E-state index in [0.29, 0.717) is 0 Å². The molecule has 1 unspecified atom stereocenters. The molecule has 0 saturated carbocycles. The average Bonchev–Trinajstić information content (AvgIpc) is 2.69. The van der Waals surface area contributed by atoms with E-state index in [0.717, 1.165) is 21.9 Å². The molecule has 0 radical (unpaired) electrons. The lowest BCUT2D eigenvalue weighted by molar-refractivity contribution is 0.560. The van der Waals surface area contributed by atoms with Crippen LogP contribution in [0.25, 0.3) is 0 Å². The molecule has 0 aliphatic rings. The van der Waals surface area contributed by atoms with Gasteiger partial charge in [0.1, 0.15) is 0 Å². The van der Waals surface area contributed by atoms with Gasteiger partial charge >= 0.3 is 0 Å². The third-order valence-corrected chi connectivity index (χ3v) is 4.55. The molecule has 2 rings (SSSR count). The Labute approximate surface area is 110 Å². The monoisotopic (exact) mass is 266 g/mol. The Hall–Kier alpha value is -0.870. The van der Waals surface area contributed by atoms with Crippen molar-refractivity contribution in [2.75, 3.05) is 0 Å². The molecule has 1 atom stereocenters. The van der Waals surface area contributed by atoms with Crippen molar-refractivity contribution < 1.29 is 0 Å². The van der Waals surface area contributed by atoms with Gasteiger partial charge in [-0.25, -0.2) is 0 Å². The predicted molar refractivity (Wildman–Crippen MR) is 74.3 cm³/mol. The fraction of sp³-hybridized carbons (Fsp3) is 0.231. The van der Waals surface area contributed by atoms with Gasteiger partial charge in [0.05, 0.1) is 11.1 Å². The second-order valence-corrected chi connectivity index (χ2v) is 5.30. The Bertz CT molecular complexity index is 481. The third kappa shape index (κ3) is 2.87. The summed E-state index contributed by atoms with van der Waals surface area (Å²) in [4.78, 5) is 1.11. The van der Waals surface area contributed by atoms with E-state index in [1.165, 1.54) is 5.56 Å². The van der Waals surface area contributed by atoms with Crippen LogP contribution in [0.4, 0.5) is 0 Å². The average molecular weight is 267 g/mol. The molecule has 1 heterocycles. The number of halogens is 1. The molecular formula is C13H15ClN2S. The second-order valence-electron chi connectivity index (χ2n) is 4.01. The van der Waals surface area contributed by atoms with E-state index in [-0.39, 0.29) is 6.04 Å². The van der Waals surface area contributed by atoms with E-state index in [1.807, 2.05) is 25.1 Å². The first-order chi connectivity index (χ1) is 8.22. The minimum Gasteiger partial charge on any atom is -0.271 e. The van der Waals surface area contributed by atoms with Crippen molar-refractivity contribution in [3.63, 3.8) is 0 Å². The number of hydrogen-bond acceptors (Lipinski definition) is 3. The standard InChI is InChI=1S/C13H15ClN2S/c1-9-8-17-13(12(9)14)11(16-15)7-10-5-3-2-4-6-10/h2-6,8,11,16H,7,15H2,1H3. The Morgan fingerprint density at radius 2 is 2.06 bits per heavy atom. The summed E-state index contributed by atoms with van der Waals surface area (Å²) < 4.78 is 0. The molecule has 1 aromatic carbocycles. The number of rotatable bonds is 4. The number of nitrogens with two attached hydrogens (primary N) is 1. The van der Waals surface area contributed by atoms with Crippen LogP contribution in [-0.2, 0) is 6.42 Å². The van der Waals surface area contributed by atoms with E-state index >= 15 is 0 Å². The van der Waals surface area contributed by atoms with Crippen LogP contribution in [0.5, 0.6) is 0 Å². The van der Waals surface area contributed by atoms with Crippen molar-refractivity contribution in [1.29, 1.82) is 0 Å². The first-order valence-corrected chi connectivity index (χ1v) is 6.71. The summed E-state index contributed by atoms with van der Waals surface area (Å²) in [7, 11) is 0. The van der Waals surface area contributed by atoms with Crippen LogP contribution in [0.3, 0.4) is 0 Å². The van der Waals surface area contributed by atoms with E-state index in [9.17, 15) is 0 Å². The highest BCUT2D eigenvalue weighted by molar-refractivity contribution is 7.10. The highest BCUT2D eigenvalue weighted by Crippen LogP contribution is 2.33. The van der Waals surface area contributed by atoms with Gasteiger partial charge < -0.3 is 0 Å². The zero-order chi connectivity index (χ0) is 12.3. The molecule has 0 spiro atoms. The summed E-state index contributed by atoms with van der Waals surface area (Å²) in [6, 6.07) is 10.3. The Balaban J connectivity index is 2.20. The largest absolute Gasteiger partial charge is 0.271 e. The van der Waals surface area contributed by atoms with Crippen molar-refractivity contribution in [1.82, 2.24) is 5.43 Å². The molecule has 0 aliphatic carbocycles. The zero-order valence-corrected chi connectivity index (χ0v) is 11.2. The molecule has 0 amide bonds. The quantitative estimate of drug-likeness (QED) is 0.657. The number of thiophene rings is 1. The number of hydrogen-bond donors (Lipinski definition) is 2. The van der Waals surface area contributed by atoms with E-state index in [1.54, 1.807) is 11.3 Å². The van der Waals surface area contributed by atoms with Crippen LogP contribution in [0.15, 0.2) is 35.7 Å². The zero-order valence-electron chi connectivity index (χ0n) is 9.61. The molecule has 2 aromatic rings. The molecule has 3 N–H and O–H groups in total. The van der Waals surface area contributed by atoms with Crippen molar-refractivity contribution in [2.45, 2.75) is 19.4 Å². The molecule has 1 aromatic heterocycles. The van der Waals surface area contributed by atoms with Crippen LogP contribution in [0.2, 0.25) is 5.02 Å². The molecular weight excluding hydrogens is 252 g/mol. The summed E-state index contributed by atoms with van der Waals surface area (Å²) >= 11 is 7.92. The maximum Gasteiger partial charge on any atom is 0.0608 e. The molecule has 0 fully saturated rings. The number of nitrogens with one attached hydrogen (secondary N) is 1. The van der Waals surface area contributed by atoms with Gasteiger partial charge in [0.25, 0.3) is 0 Å². The van der Waals surface area contributed by atoms with Crippen LogP contribution in [0.1, 0.15) is 22.0 Å². The summed E-state index contributed by atoms with van der Waals surface area (Å²) in [5, 5.41) is 2.89. The third-order valence-electron chi connectivity index (χ3n) is 2.73. The molecule has 4 heteroatoms. The minimum atomic E-state index is 0.0728. The number of aryl methyl sites for hydroxylation is 1. The van der Waals surface area contributed by atoms with Gasteiger partial charge in [-0.15, -0.1) is 11.3 Å². The van der Waals surface area contributed by atoms with E-state index in [4.69, 9.17) is 17.4 Å². The van der Waals surface area contributed by atoms with Crippen molar-refractivity contribution >= 4 is 22.9 Å². The van der Waals surface area contributed by atoms with E-state index < -0.39 is 0 Å². The normalized spacial score (nSPS) is 12.6. The minimum absolute atomic E-state index is 0.0728. The SMILES string of the molecule is Cc1csc(C(Cc2ccccc2)NN)c1Cl. The Morgan fingerprint density at radius 1 is 1.35 bits per heavy atom. The lowest BCUT2D eigenvalue weighted by Crippen LogP contribution is -2.29. The van der Waals surface area contributed by atoms with Crippen molar-refractivity contribution in [2.24, 2.45) is 5.84 Å². The second kappa shape index (κ2) is 5.65. The molecule has 90 valence electrons. The van der Waals surface area contributed by atoms with Crippen molar-refractivity contribution in [3.8, 4) is 0 Å². The van der Waals surface area contributed by atoms with Crippen LogP contribution in [0, 0.1) is 6.92 Å². The van der Waals surface area contributed by atoms with Gasteiger partial charge in [-0.05, 0) is 29.9 Å². The predicted octanol–water partition coefficient (Wildman–Crippen LogP) is 3.46. The Kier molecular flexibility index (Phi) is 4.18. The maximum absolute atomic E-state index is 6.26. The lowest BCUT2D eigenvalue weighted by atomic mass is 10.0. The highest BCUT2D eigenvalue weighted by Gasteiger charge is 2.17. The number of hydrazine groups is 1. The van der Waals surface area contributed by atoms with Crippen LogP contribution in [-0.4, -0.2) is 0 Å². The van der Waals surface area contributed by atoms with Crippen LogP contribution >= 0.6 is 22.9 Å². The number of benzene rings is 1. The van der Waals surface area contributed by atoms with Gasteiger partial charge in [-0.3, -0.25) is 11.3 Å². The summed E-state index contributed by atoms with van der Waals surface area (Å²) in [6.45, 7) is 2.01. The molecule has 0 aliphatic heterocycles. The van der Waals surface area contributed by atoms with Crippen molar-refractivity contribution in [3.05, 3.63) is 56.7 Å². The lowest BCUT2D eigenvalue weighted by Gasteiger charge is -2.15. The summed E-state index contributed by atoms with van der Waals surface area (Å²) in [5.74, 6) is 5.63. The van der Waals surface area contributed by atoms with Gasteiger partial charge in [0, 0.05) is 4.88 Å². The van der Waals surface area contributed by atoms with Gasteiger partial charge in [0.2, 0.25) is 0 Å². The molecule has 2 nitrogen and oxygen atoms in total. The van der Waals surface area contributed by atoms with Gasteiger partial charge in [0.15, 0.2) is 0 Å². The first-order valence-electron chi connectivity index (χ1n) is 5.46. The van der Waals surface area contributed by atoms with E-state index in [2.05, 4.69) is 22.9 Å². The summed E-state index contributed by atoms with van der Waals surface area (Å²) in [5.41, 5.74) is 5.21. The Morgan fingerprint density at radius 3 is 2.59 bits per heavy atom. The van der Waals surface area contributed by atoms with Crippen LogP contribution < -0.4 is 11.3 Å². The highest BCUT2D eigenvalue weighted by atomic mass is 35.5. The molecule has 0 saturated heterocycles. The first kappa shape index (κ1) is 12.6. The maximum atomic E-state index is 6.26. The smallest absolute Gasteiger partial charge is 0.0608 e.